The molecule has 31 heavy (non-hydrogen) atoms. The predicted octanol–water partition coefficient (Wildman–Crippen LogP) is 5.22. The summed E-state index contributed by atoms with van der Waals surface area (Å²) in [4.78, 5) is 17.2. The Labute approximate surface area is 190 Å². The monoisotopic (exact) mass is 477 g/mol. The van der Waals surface area contributed by atoms with Gasteiger partial charge in [-0.1, -0.05) is 40.2 Å². The Balaban J connectivity index is 1.42. The van der Waals surface area contributed by atoms with Crippen LogP contribution < -0.4 is 10.1 Å². The van der Waals surface area contributed by atoms with Crippen LogP contribution in [0.4, 0.5) is 0 Å². The fourth-order valence-electron chi connectivity index (χ4n) is 3.60. The zero-order valence-electron chi connectivity index (χ0n) is 17.3. The van der Waals surface area contributed by atoms with Gasteiger partial charge >= 0.3 is 0 Å². The van der Waals surface area contributed by atoms with Crippen molar-refractivity contribution in [2.24, 2.45) is 0 Å². The smallest absolute Gasteiger partial charge is 0.251 e. The molecule has 0 aliphatic rings. The molecule has 0 radical (unpaired) electrons. The van der Waals surface area contributed by atoms with Gasteiger partial charge in [-0.3, -0.25) is 4.79 Å². The third-order valence-corrected chi connectivity index (χ3v) is 5.67. The number of ether oxygens (including phenoxy) is 1. The van der Waals surface area contributed by atoms with Gasteiger partial charge in [0.1, 0.15) is 11.6 Å². The number of hydrogen-bond acceptors (Lipinski definition) is 3. The highest BCUT2D eigenvalue weighted by Crippen LogP contribution is 2.20. The molecule has 158 valence electrons. The second kappa shape index (κ2) is 9.79. The Morgan fingerprint density at radius 2 is 1.87 bits per heavy atom. The lowest BCUT2D eigenvalue weighted by molar-refractivity contribution is 0.0953. The highest BCUT2D eigenvalue weighted by atomic mass is 79.9. The third kappa shape index (κ3) is 5.14. The van der Waals surface area contributed by atoms with E-state index in [9.17, 15) is 4.79 Å². The maximum Gasteiger partial charge on any atom is 0.251 e. The summed E-state index contributed by atoms with van der Waals surface area (Å²) in [7, 11) is 1.61. The minimum Gasteiger partial charge on any atom is -0.497 e. The largest absolute Gasteiger partial charge is 0.497 e. The van der Waals surface area contributed by atoms with E-state index in [1.54, 1.807) is 31.4 Å². The number of hydrogen-bond donors (Lipinski definition) is 1. The van der Waals surface area contributed by atoms with E-state index < -0.39 is 0 Å². The minimum absolute atomic E-state index is 0.0784. The van der Waals surface area contributed by atoms with Gasteiger partial charge in [-0.05, 0) is 60.5 Å². The fraction of sp³-hybridized carbons (Fsp3) is 0.200. The van der Waals surface area contributed by atoms with Crippen molar-refractivity contribution in [3.63, 3.8) is 0 Å². The molecule has 0 saturated carbocycles. The maximum absolute atomic E-state index is 12.4. The molecule has 1 amide bonds. The molecule has 1 aromatic heterocycles. The lowest BCUT2D eigenvalue weighted by atomic mass is 10.2. The number of imidazole rings is 1. The zero-order valence-corrected chi connectivity index (χ0v) is 18.9. The van der Waals surface area contributed by atoms with Crippen molar-refractivity contribution in [2.45, 2.75) is 19.4 Å². The number of fused-ring (bicyclic) bond motifs is 1. The number of para-hydroxylation sites is 2. The van der Waals surface area contributed by atoms with Crippen LogP contribution in [0, 0.1) is 0 Å². The van der Waals surface area contributed by atoms with Crippen LogP contribution >= 0.6 is 15.9 Å². The first-order valence-corrected chi connectivity index (χ1v) is 11.0. The molecular weight excluding hydrogens is 454 g/mol. The van der Waals surface area contributed by atoms with Crippen molar-refractivity contribution in [1.82, 2.24) is 14.9 Å². The predicted molar refractivity (Wildman–Crippen MR) is 127 cm³/mol. The molecule has 0 unspecified atom stereocenters. The molecule has 0 aliphatic heterocycles. The van der Waals surface area contributed by atoms with Crippen LogP contribution in [0.25, 0.3) is 11.0 Å². The molecule has 0 spiro atoms. The Bertz CT molecular complexity index is 1190. The molecule has 3 aromatic carbocycles. The van der Waals surface area contributed by atoms with E-state index in [0.717, 1.165) is 46.5 Å². The number of halogens is 1. The topological polar surface area (TPSA) is 56.1 Å². The first-order valence-electron chi connectivity index (χ1n) is 10.2. The Morgan fingerprint density at radius 3 is 2.65 bits per heavy atom. The van der Waals surface area contributed by atoms with Crippen LogP contribution in [0.15, 0.2) is 77.3 Å². The van der Waals surface area contributed by atoms with Crippen LogP contribution in [-0.4, -0.2) is 29.1 Å². The van der Waals surface area contributed by atoms with Gasteiger partial charge in [0.15, 0.2) is 0 Å². The number of carbonyl (C=O) groups is 1. The van der Waals surface area contributed by atoms with Gasteiger partial charge in [-0.25, -0.2) is 4.98 Å². The summed E-state index contributed by atoms with van der Waals surface area (Å²) in [5, 5.41) is 2.99. The average molecular weight is 478 g/mol. The van der Waals surface area contributed by atoms with Gasteiger partial charge in [0.25, 0.3) is 5.91 Å². The molecule has 4 aromatic rings. The molecule has 0 bridgehead atoms. The van der Waals surface area contributed by atoms with E-state index >= 15 is 0 Å². The minimum atomic E-state index is -0.0784. The third-order valence-electron chi connectivity index (χ3n) is 5.18. The Morgan fingerprint density at radius 1 is 1.06 bits per heavy atom. The van der Waals surface area contributed by atoms with Crippen LogP contribution in [0.1, 0.15) is 28.2 Å². The SMILES string of the molecule is COc1ccc(C(=O)NCCCc2nc3ccccc3n2Cc2cccc(Br)c2)cc1. The van der Waals surface area contributed by atoms with E-state index in [-0.39, 0.29) is 5.91 Å². The maximum atomic E-state index is 12.4. The zero-order chi connectivity index (χ0) is 21.6. The number of nitrogens with zero attached hydrogens (tertiary/aromatic N) is 2. The van der Waals surface area contributed by atoms with Crippen molar-refractivity contribution < 1.29 is 9.53 Å². The van der Waals surface area contributed by atoms with Gasteiger partial charge in [0.05, 0.1) is 18.1 Å². The quantitative estimate of drug-likeness (QED) is 0.354. The number of amides is 1. The normalized spacial score (nSPS) is 10.9. The summed E-state index contributed by atoms with van der Waals surface area (Å²) in [5.74, 6) is 1.69. The summed E-state index contributed by atoms with van der Waals surface area (Å²) < 4.78 is 8.47. The Hall–Kier alpha value is -3.12. The van der Waals surface area contributed by atoms with E-state index in [2.05, 4.69) is 44.0 Å². The van der Waals surface area contributed by atoms with Crippen molar-refractivity contribution in [1.29, 1.82) is 0 Å². The van der Waals surface area contributed by atoms with Gasteiger partial charge in [0, 0.05) is 29.5 Å². The molecule has 4 rings (SSSR count). The van der Waals surface area contributed by atoms with Crippen molar-refractivity contribution >= 4 is 32.9 Å². The molecule has 1 N–H and O–H groups in total. The van der Waals surface area contributed by atoms with Gasteiger partial charge in [-0.2, -0.15) is 0 Å². The fourth-order valence-corrected chi connectivity index (χ4v) is 4.05. The highest BCUT2D eigenvalue weighted by molar-refractivity contribution is 9.10. The van der Waals surface area contributed by atoms with E-state index in [4.69, 9.17) is 9.72 Å². The molecular formula is C25H24BrN3O2. The summed E-state index contributed by atoms with van der Waals surface area (Å²) in [5.41, 5.74) is 3.96. The molecule has 0 saturated heterocycles. The van der Waals surface area contributed by atoms with Crippen LogP contribution in [0.2, 0.25) is 0 Å². The number of nitrogens with one attached hydrogen (secondary N) is 1. The van der Waals surface area contributed by atoms with Crippen molar-refractivity contribution in [2.75, 3.05) is 13.7 Å². The van der Waals surface area contributed by atoms with Crippen molar-refractivity contribution in [3.8, 4) is 5.75 Å². The number of aryl methyl sites for hydroxylation is 1. The standard InChI is InChI=1S/C25H24BrN3O2/c1-31-21-13-11-19(12-14-21)25(30)27-15-5-10-24-28-22-8-2-3-9-23(22)29(24)17-18-6-4-7-20(26)16-18/h2-4,6-9,11-14,16H,5,10,15,17H2,1H3,(H,27,30). The van der Waals surface area contributed by atoms with E-state index in [0.29, 0.717) is 12.1 Å². The van der Waals surface area contributed by atoms with Crippen LogP contribution in [0.5, 0.6) is 5.75 Å². The first kappa shape index (κ1) is 21.1. The van der Waals surface area contributed by atoms with Gasteiger partial charge in [0.2, 0.25) is 0 Å². The van der Waals surface area contributed by atoms with Crippen LogP contribution in [0.3, 0.4) is 0 Å². The number of methoxy groups -OCH3 is 1. The van der Waals surface area contributed by atoms with E-state index in [1.165, 1.54) is 5.56 Å². The molecule has 0 aliphatic carbocycles. The summed E-state index contributed by atoms with van der Waals surface area (Å²) in [6.07, 6.45) is 1.59. The van der Waals surface area contributed by atoms with Gasteiger partial charge in [-0.15, -0.1) is 0 Å². The van der Waals surface area contributed by atoms with Gasteiger partial charge < -0.3 is 14.6 Å². The number of rotatable bonds is 8. The number of aromatic nitrogens is 2. The lowest BCUT2D eigenvalue weighted by Gasteiger charge is -2.11. The molecule has 6 heteroatoms. The summed E-state index contributed by atoms with van der Waals surface area (Å²) >= 11 is 3.55. The summed E-state index contributed by atoms with van der Waals surface area (Å²) in [6, 6.07) is 23.7. The summed E-state index contributed by atoms with van der Waals surface area (Å²) in [6.45, 7) is 1.35. The molecule has 1 heterocycles. The highest BCUT2D eigenvalue weighted by Gasteiger charge is 2.12. The van der Waals surface area contributed by atoms with Crippen LogP contribution in [-0.2, 0) is 13.0 Å². The first-order chi connectivity index (χ1) is 15.1. The lowest BCUT2D eigenvalue weighted by Crippen LogP contribution is -2.25. The average Bonchev–Trinajstić information content (AvgIpc) is 3.14. The number of carbonyl (C=O) groups excluding carboxylic acids is 1. The Kier molecular flexibility index (Phi) is 6.67. The van der Waals surface area contributed by atoms with Crippen molar-refractivity contribution in [3.05, 3.63) is 94.2 Å². The number of benzene rings is 3. The molecule has 0 atom stereocenters. The second-order valence-electron chi connectivity index (χ2n) is 7.32. The van der Waals surface area contributed by atoms with E-state index in [1.807, 2.05) is 30.3 Å². The molecule has 0 fully saturated rings. The second-order valence-corrected chi connectivity index (χ2v) is 8.24. The molecule has 5 nitrogen and oxygen atoms in total.